The van der Waals surface area contributed by atoms with Crippen LogP contribution in [0.4, 0.5) is 0 Å². The van der Waals surface area contributed by atoms with Crippen LogP contribution < -0.4 is 0 Å². The number of aliphatic hydroxyl groups excluding tert-OH is 1. The number of aromatic nitrogens is 1. The van der Waals surface area contributed by atoms with Gasteiger partial charge in [-0.3, -0.25) is 0 Å². The van der Waals surface area contributed by atoms with Crippen molar-refractivity contribution in [2.24, 2.45) is 5.92 Å². The lowest BCUT2D eigenvalue weighted by Crippen LogP contribution is -2.06. The summed E-state index contributed by atoms with van der Waals surface area (Å²) in [7, 11) is -3.27. The van der Waals surface area contributed by atoms with E-state index in [0.29, 0.717) is 5.92 Å². The Balaban J connectivity index is 2.21. The van der Waals surface area contributed by atoms with Crippen LogP contribution in [-0.4, -0.2) is 31.4 Å². The number of hydrogen-bond donors (Lipinski definition) is 1. The molecule has 20 heavy (non-hydrogen) atoms. The van der Waals surface area contributed by atoms with Gasteiger partial charge >= 0.3 is 0 Å². The Morgan fingerprint density at radius 3 is 2.55 bits per heavy atom. The minimum Gasteiger partial charge on any atom is -0.392 e. The lowest BCUT2D eigenvalue weighted by atomic mass is 9.87. The van der Waals surface area contributed by atoms with Gasteiger partial charge in [0.1, 0.15) is 0 Å². The highest BCUT2D eigenvalue weighted by atomic mass is 32.2. The highest BCUT2D eigenvalue weighted by Gasteiger charge is 2.14. The number of sulfone groups is 1. The second kappa shape index (κ2) is 6.50. The second-order valence-corrected chi connectivity index (χ2v) is 7.37. The highest BCUT2D eigenvalue weighted by molar-refractivity contribution is 7.90. The van der Waals surface area contributed by atoms with E-state index in [-0.39, 0.29) is 11.6 Å². The standard InChI is InChI=1S/C15H21NO3S/c1-20(18,19)15-8-7-13(10-16-15)14(11-17)9-12-5-3-2-4-6-12/h7-10,12,17H,2-6,11H2,1H3/b14-9-. The summed E-state index contributed by atoms with van der Waals surface area (Å²) in [6.07, 6.45) is 10.9. The molecule has 0 aromatic carbocycles. The first-order valence-corrected chi connectivity index (χ1v) is 8.88. The van der Waals surface area contributed by atoms with Crippen molar-refractivity contribution in [1.29, 1.82) is 0 Å². The van der Waals surface area contributed by atoms with E-state index in [1.807, 2.05) is 0 Å². The molecule has 0 amide bonds. The molecular weight excluding hydrogens is 274 g/mol. The summed E-state index contributed by atoms with van der Waals surface area (Å²) in [5.41, 5.74) is 1.63. The maximum absolute atomic E-state index is 11.4. The molecule has 1 aliphatic carbocycles. The molecule has 0 atom stereocenters. The molecule has 110 valence electrons. The zero-order valence-corrected chi connectivity index (χ0v) is 12.6. The van der Waals surface area contributed by atoms with E-state index in [9.17, 15) is 13.5 Å². The molecule has 0 saturated heterocycles. The summed E-state index contributed by atoms with van der Waals surface area (Å²) in [5.74, 6) is 0.514. The molecule has 0 bridgehead atoms. The Bertz CT molecular complexity index is 570. The van der Waals surface area contributed by atoms with E-state index in [4.69, 9.17) is 0 Å². The molecule has 0 spiro atoms. The van der Waals surface area contributed by atoms with Gasteiger partial charge in [-0.05, 0) is 36.0 Å². The lowest BCUT2D eigenvalue weighted by Gasteiger charge is -2.19. The highest BCUT2D eigenvalue weighted by Crippen LogP contribution is 2.27. The van der Waals surface area contributed by atoms with Gasteiger partial charge in [-0.15, -0.1) is 0 Å². The van der Waals surface area contributed by atoms with Crippen molar-refractivity contribution in [2.45, 2.75) is 37.1 Å². The number of pyridine rings is 1. The summed E-state index contributed by atoms with van der Waals surface area (Å²) in [6, 6.07) is 3.21. The smallest absolute Gasteiger partial charge is 0.192 e. The fourth-order valence-corrected chi connectivity index (χ4v) is 3.17. The number of nitrogens with zero attached hydrogens (tertiary/aromatic N) is 1. The van der Waals surface area contributed by atoms with E-state index in [1.165, 1.54) is 44.4 Å². The maximum Gasteiger partial charge on any atom is 0.192 e. The molecule has 1 heterocycles. The van der Waals surface area contributed by atoms with Gasteiger partial charge in [0.2, 0.25) is 0 Å². The van der Waals surface area contributed by atoms with Gasteiger partial charge in [-0.1, -0.05) is 31.4 Å². The van der Waals surface area contributed by atoms with Gasteiger partial charge in [-0.2, -0.15) is 0 Å². The molecule has 1 aromatic rings. The predicted molar refractivity (Wildman–Crippen MR) is 79.0 cm³/mol. The average molecular weight is 295 g/mol. The normalized spacial score (nSPS) is 18.2. The van der Waals surface area contributed by atoms with Gasteiger partial charge in [0.05, 0.1) is 6.61 Å². The predicted octanol–water partition coefficient (Wildman–Crippen LogP) is 2.44. The van der Waals surface area contributed by atoms with Crippen LogP contribution in [0.1, 0.15) is 37.7 Å². The Labute approximate surface area is 120 Å². The first kappa shape index (κ1) is 15.2. The van der Waals surface area contributed by atoms with Crippen LogP contribution in [0.15, 0.2) is 29.4 Å². The maximum atomic E-state index is 11.4. The zero-order chi connectivity index (χ0) is 14.6. The molecule has 1 aromatic heterocycles. The average Bonchev–Trinajstić information content (AvgIpc) is 2.45. The van der Waals surface area contributed by atoms with Crippen LogP contribution in [0, 0.1) is 5.92 Å². The minimum absolute atomic E-state index is 0.0452. The molecule has 2 rings (SSSR count). The largest absolute Gasteiger partial charge is 0.392 e. The first-order chi connectivity index (χ1) is 9.50. The first-order valence-electron chi connectivity index (χ1n) is 6.99. The molecule has 1 fully saturated rings. The molecule has 5 heteroatoms. The van der Waals surface area contributed by atoms with Crippen LogP contribution in [0.3, 0.4) is 0 Å². The third-order valence-corrected chi connectivity index (χ3v) is 4.75. The minimum atomic E-state index is -3.27. The molecule has 1 aliphatic rings. The number of allylic oxidation sites excluding steroid dienone is 1. The van der Waals surface area contributed by atoms with E-state index in [0.717, 1.165) is 17.4 Å². The van der Waals surface area contributed by atoms with Crippen LogP contribution in [0.2, 0.25) is 0 Å². The van der Waals surface area contributed by atoms with Gasteiger partial charge in [0.15, 0.2) is 14.9 Å². The molecule has 0 radical (unpaired) electrons. The topological polar surface area (TPSA) is 67.3 Å². The van der Waals surface area contributed by atoms with Gasteiger partial charge in [-0.25, -0.2) is 13.4 Å². The number of hydrogen-bond acceptors (Lipinski definition) is 4. The van der Waals surface area contributed by atoms with Gasteiger partial charge in [0.25, 0.3) is 0 Å². The Hall–Kier alpha value is -1.20. The third kappa shape index (κ3) is 3.90. The number of aliphatic hydroxyl groups is 1. The van der Waals surface area contributed by atoms with Crippen LogP contribution in [-0.2, 0) is 9.84 Å². The fourth-order valence-electron chi connectivity index (χ4n) is 2.62. The number of rotatable bonds is 4. The zero-order valence-electron chi connectivity index (χ0n) is 11.7. The van der Waals surface area contributed by atoms with Crippen LogP contribution in [0.25, 0.3) is 5.57 Å². The fraction of sp³-hybridized carbons (Fsp3) is 0.533. The van der Waals surface area contributed by atoms with Crippen molar-refractivity contribution in [2.75, 3.05) is 12.9 Å². The monoisotopic (exact) mass is 295 g/mol. The SMILES string of the molecule is CS(=O)(=O)c1ccc(/C(=C\C2CCCCC2)CO)cn1. The van der Waals surface area contributed by atoms with Gasteiger partial charge in [0, 0.05) is 12.5 Å². The van der Waals surface area contributed by atoms with E-state index in [1.54, 1.807) is 6.07 Å². The second-order valence-electron chi connectivity index (χ2n) is 5.41. The lowest BCUT2D eigenvalue weighted by molar-refractivity contribution is 0.347. The summed E-state index contributed by atoms with van der Waals surface area (Å²) in [4.78, 5) is 3.97. The van der Waals surface area contributed by atoms with Crippen molar-refractivity contribution >= 4 is 15.4 Å². The molecule has 1 saturated carbocycles. The molecule has 0 unspecified atom stereocenters. The van der Waals surface area contributed by atoms with Crippen LogP contribution in [0.5, 0.6) is 0 Å². The Morgan fingerprint density at radius 1 is 1.35 bits per heavy atom. The molecule has 0 aliphatic heterocycles. The van der Waals surface area contributed by atoms with Crippen molar-refractivity contribution < 1.29 is 13.5 Å². The Morgan fingerprint density at radius 2 is 2.05 bits per heavy atom. The Kier molecular flexibility index (Phi) is 4.94. The summed E-state index contributed by atoms with van der Waals surface area (Å²) >= 11 is 0. The van der Waals surface area contributed by atoms with E-state index in [2.05, 4.69) is 11.1 Å². The van der Waals surface area contributed by atoms with Crippen LogP contribution >= 0.6 is 0 Å². The molecule has 1 N–H and O–H groups in total. The van der Waals surface area contributed by atoms with Crippen molar-refractivity contribution in [3.05, 3.63) is 30.0 Å². The van der Waals surface area contributed by atoms with Crippen molar-refractivity contribution in [3.63, 3.8) is 0 Å². The van der Waals surface area contributed by atoms with Crippen molar-refractivity contribution in [3.8, 4) is 0 Å². The summed E-state index contributed by atoms with van der Waals surface area (Å²) in [5, 5.41) is 9.59. The van der Waals surface area contributed by atoms with E-state index < -0.39 is 9.84 Å². The third-order valence-electron chi connectivity index (χ3n) is 3.74. The van der Waals surface area contributed by atoms with E-state index >= 15 is 0 Å². The molecular formula is C15H21NO3S. The summed E-state index contributed by atoms with van der Waals surface area (Å²) in [6.45, 7) is -0.0452. The summed E-state index contributed by atoms with van der Waals surface area (Å²) < 4.78 is 22.7. The molecule has 4 nitrogen and oxygen atoms in total. The van der Waals surface area contributed by atoms with Gasteiger partial charge < -0.3 is 5.11 Å². The van der Waals surface area contributed by atoms with Crippen molar-refractivity contribution in [1.82, 2.24) is 4.98 Å². The quantitative estimate of drug-likeness (QED) is 0.926.